The Morgan fingerprint density at radius 2 is 1.56 bits per heavy atom. The van der Waals surface area contributed by atoms with E-state index < -0.39 is 0 Å². The van der Waals surface area contributed by atoms with E-state index in [0.29, 0.717) is 0 Å². The maximum absolute atomic E-state index is 6.51. The maximum atomic E-state index is 6.51. The predicted molar refractivity (Wildman–Crippen MR) is 114 cm³/mol. The van der Waals surface area contributed by atoms with Gasteiger partial charge in [0.1, 0.15) is 11.9 Å². The fraction of sp³-hybridized carbons (Fsp3) is 0.550. The van der Waals surface area contributed by atoms with Gasteiger partial charge < -0.3 is 14.5 Å². The summed E-state index contributed by atoms with van der Waals surface area (Å²) in [5.41, 5.74) is 0.994. The lowest BCUT2D eigenvalue weighted by Crippen LogP contribution is -2.43. The minimum atomic E-state index is 0.143. The topological polar surface area (TPSA) is 28.6 Å². The van der Waals surface area contributed by atoms with Crippen LogP contribution in [0, 0.1) is 3.57 Å². The molecule has 25 heavy (non-hydrogen) atoms. The van der Waals surface area contributed by atoms with Gasteiger partial charge in [0, 0.05) is 28.2 Å². The van der Waals surface area contributed by atoms with Gasteiger partial charge in [-0.25, -0.2) is 0 Å². The maximum Gasteiger partial charge on any atom is 0.130 e. The second-order valence-electron chi connectivity index (χ2n) is 6.18. The van der Waals surface area contributed by atoms with Crippen LogP contribution in [0.2, 0.25) is 0 Å². The van der Waals surface area contributed by atoms with E-state index in [1.807, 2.05) is 12.3 Å². The van der Waals surface area contributed by atoms with Crippen LogP contribution < -0.4 is 4.74 Å². The van der Waals surface area contributed by atoms with Gasteiger partial charge in [-0.05, 0) is 73.0 Å². The molecule has 0 radical (unpaired) electrons. The number of hydrogen-bond acceptors (Lipinski definition) is 4. The lowest BCUT2D eigenvalue weighted by Gasteiger charge is -2.30. The number of aromatic nitrogens is 1. The Labute approximate surface area is 165 Å². The highest BCUT2D eigenvalue weighted by Gasteiger charge is 2.18. The summed E-state index contributed by atoms with van der Waals surface area (Å²) < 4.78 is 7.70. The largest absolute Gasteiger partial charge is 0.487 e. The van der Waals surface area contributed by atoms with Crippen LogP contribution in [0.4, 0.5) is 0 Å². The highest BCUT2D eigenvalue weighted by atomic mass is 127. The third kappa shape index (κ3) is 5.79. The van der Waals surface area contributed by atoms with E-state index in [-0.39, 0.29) is 6.10 Å². The molecule has 0 N–H and O–H groups in total. The smallest absolute Gasteiger partial charge is 0.130 e. The molecule has 4 nitrogen and oxygen atoms in total. The molecular weight excluding hydrogens is 425 g/mol. The first-order valence-electron chi connectivity index (χ1n) is 9.26. The zero-order valence-electron chi connectivity index (χ0n) is 15.8. The standard InChI is InChI=1S/C20H30IN3O/c1-5-23(6-2)14-17(15-24(7-3)8-4)25-20-11-12-22-19-13-16(21)9-10-18(19)20/h9-13,17H,5-8,14-15H2,1-4H3. The van der Waals surface area contributed by atoms with Crippen molar-refractivity contribution in [3.8, 4) is 5.75 Å². The number of pyridine rings is 1. The zero-order valence-corrected chi connectivity index (χ0v) is 18.0. The molecule has 0 atom stereocenters. The third-order valence-corrected chi connectivity index (χ3v) is 5.34. The fourth-order valence-corrected chi connectivity index (χ4v) is 3.52. The Morgan fingerprint density at radius 1 is 0.960 bits per heavy atom. The molecule has 0 amide bonds. The van der Waals surface area contributed by atoms with Gasteiger partial charge in [0.2, 0.25) is 0 Å². The normalized spacial score (nSPS) is 11.8. The summed E-state index contributed by atoms with van der Waals surface area (Å²) in [4.78, 5) is 9.35. The van der Waals surface area contributed by atoms with Gasteiger partial charge in [0.25, 0.3) is 0 Å². The van der Waals surface area contributed by atoms with Crippen molar-refractivity contribution < 1.29 is 4.74 Å². The van der Waals surface area contributed by atoms with Gasteiger partial charge in [-0.2, -0.15) is 0 Å². The van der Waals surface area contributed by atoms with E-state index in [0.717, 1.165) is 55.9 Å². The Hall–Kier alpha value is -0.920. The molecule has 0 aliphatic rings. The SMILES string of the molecule is CCN(CC)CC(CN(CC)CC)Oc1ccnc2cc(I)ccc12. The highest BCUT2D eigenvalue weighted by molar-refractivity contribution is 14.1. The van der Waals surface area contributed by atoms with E-state index in [1.165, 1.54) is 3.57 Å². The van der Waals surface area contributed by atoms with Crippen LogP contribution in [0.5, 0.6) is 5.75 Å². The predicted octanol–water partition coefficient (Wildman–Crippen LogP) is 4.27. The molecule has 1 heterocycles. The number of halogens is 1. The molecule has 0 unspecified atom stereocenters. The van der Waals surface area contributed by atoms with Crippen molar-refractivity contribution in [3.63, 3.8) is 0 Å². The van der Waals surface area contributed by atoms with Gasteiger partial charge in [0.05, 0.1) is 5.52 Å². The third-order valence-electron chi connectivity index (χ3n) is 4.67. The molecule has 2 aromatic rings. The van der Waals surface area contributed by atoms with E-state index in [9.17, 15) is 0 Å². The summed E-state index contributed by atoms with van der Waals surface area (Å²) in [6, 6.07) is 8.33. The van der Waals surface area contributed by atoms with Crippen molar-refractivity contribution in [2.75, 3.05) is 39.3 Å². The molecule has 5 heteroatoms. The first-order chi connectivity index (χ1) is 12.1. The molecule has 1 aromatic carbocycles. The van der Waals surface area contributed by atoms with Gasteiger partial charge in [0.15, 0.2) is 0 Å². The van der Waals surface area contributed by atoms with E-state index in [2.05, 4.69) is 83.3 Å². The van der Waals surface area contributed by atoms with Gasteiger partial charge in [-0.15, -0.1) is 0 Å². The summed E-state index contributed by atoms with van der Waals surface area (Å²) in [7, 11) is 0. The van der Waals surface area contributed by atoms with Gasteiger partial charge in [-0.1, -0.05) is 27.7 Å². The molecule has 0 saturated heterocycles. The summed E-state index contributed by atoms with van der Waals surface area (Å²) >= 11 is 2.32. The van der Waals surface area contributed by atoms with Gasteiger partial charge in [-0.3, -0.25) is 4.98 Å². The monoisotopic (exact) mass is 455 g/mol. The first kappa shape index (κ1) is 20.4. The minimum absolute atomic E-state index is 0.143. The average Bonchev–Trinajstić information content (AvgIpc) is 2.63. The highest BCUT2D eigenvalue weighted by Crippen LogP contribution is 2.26. The Kier molecular flexibility index (Phi) is 8.39. The lowest BCUT2D eigenvalue weighted by atomic mass is 10.2. The summed E-state index contributed by atoms with van der Waals surface area (Å²) in [6.45, 7) is 14.9. The number of hydrogen-bond donors (Lipinski definition) is 0. The van der Waals surface area contributed by atoms with Crippen molar-refractivity contribution in [1.29, 1.82) is 0 Å². The molecule has 0 spiro atoms. The van der Waals surface area contributed by atoms with Crippen molar-refractivity contribution >= 4 is 33.5 Å². The zero-order chi connectivity index (χ0) is 18.2. The number of nitrogens with zero attached hydrogens (tertiary/aromatic N) is 3. The lowest BCUT2D eigenvalue weighted by molar-refractivity contribution is 0.100. The first-order valence-corrected chi connectivity index (χ1v) is 10.3. The average molecular weight is 455 g/mol. The van der Waals surface area contributed by atoms with Crippen LogP contribution >= 0.6 is 22.6 Å². The van der Waals surface area contributed by atoms with Crippen LogP contribution in [0.25, 0.3) is 10.9 Å². The van der Waals surface area contributed by atoms with Crippen LogP contribution in [0.1, 0.15) is 27.7 Å². The fourth-order valence-electron chi connectivity index (χ4n) is 3.05. The number of benzene rings is 1. The van der Waals surface area contributed by atoms with Crippen molar-refractivity contribution in [3.05, 3.63) is 34.0 Å². The molecular formula is C20H30IN3O. The van der Waals surface area contributed by atoms with Crippen molar-refractivity contribution in [2.24, 2.45) is 0 Å². The number of rotatable bonds is 10. The Bertz CT molecular complexity index is 642. The summed E-state index contributed by atoms with van der Waals surface area (Å²) in [5, 5.41) is 1.09. The minimum Gasteiger partial charge on any atom is -0.487 e. The van der Waals surface area contributed by atoms with E-state index in [1.54, 1.807) is 0 Å². The van der Waals surface area contributed by atoms with E-state index >= 15 is 0 Å². The Balaban J connectivity index is 2.25. The second-order valence-corrected chi connectivity index (χ2v) is 7.43. The molecule has 138 valence electrons. The molecule has 0 aliphatic carbocycles. The molecule has 0 aliphatic heterocycles. The van der Waals surface area contributed by atoms with Crippen molar-refractivity contribution in [2.45, 2.75) is 33.8 Å². The Morgan fingerprint density at radius 3 is 2.12 bits per heavy atom. The molecule has 1 aromatic heterocycles. The van der Waals surface area contributed by atoms with Crippen LogP contribution in [-0.4, -0.2) is 60.2 Å². The van der Waals surface area contributed by atoms with Gasteiger partial charge >= 0.3 is 0 Å². The van der Waals surface area contributed by atoms with Crippen LogP contribution in [-0.2, 0) is 0 Å². The summed E-state index contributed by atoms with van der Waals surface area (Å²) in [6.07, 6.45) is 1.99. The quantitative estimate of drug-likeness (QED) is 0.501. The molecule has 2 rings (SSSR count). The van der Waals surface area contributed by atoms with E-state index in [4.69, 9.17) is 4.74 Å². The molecule has 0 saturated carbocycles. The van der Waals surface area contributed by atoms with Crippen LogP contribution in [0.15, 0.2) is 30.5 Å². The number of fused-ring (bicyclic) bond motifs is 1. The second kappa shape index (κ2) is 10.3. The van der Waals surface area contributed by atoms with Crippen LogP contribution in [0.3, 0.4) is 0 Å². The number of likely N-dealkylation sites (N-methyl/N-ethyl adjacent to an activating group) is 2. The number of ether oxygens (including phenoxy) is 1. The molecule has 0 bridgehead atoms. The molecule has 0 fully saturated rings. The summed E-state index contributed by atoms with van der Waals surface area (Å²) in [5.74, 6) is 0.936. The van der Waals surface area contributed by atoms with Crippen molar-refractivity contribution in [1.82, 2.24) is 14.8 Å².